The molecule has 0 aliphatic carbocycles. The summed E-state index contributed by atoms with van der Waals surface area (Å²) in [6.45, 7) is 0. The van der Waals surface area contributed by atoms with Gasteiger partial charge in [0.25, 0.3) is 0 Å². The summed E-state index contributed by atoms with van der Waals surface area (Å²) in [5, 5.41) is 0. The van der Waals surface area contributed by atoms with Crippen LogP contribution in [0.3, 0.4) is 0 Å². The third-order valence-corrected chi connectivity index (χ3v) is 3.23. The van der Waals surface area contributed by atoms with Crippen LogP contribution in [0.1, 0.15) is 0 Å². The molecule has 3 rings (SSSR count). The summed E-state index contributed by atoms with van der Waals surface area (Å²) in [4.78, 5) is 8.46. The van der Waals surface area contributed by atoms with Gasteiger partial charge in [0, 0.05) is 10.7 Å². The van der Waals surface area contributed by atoms with Crippen LogP contribution < -0.4 is 5.73 Å². The molecule has 6 heteroatoms. The second-order valence-electron chi connectivity index (χ2n) is 3.75. The van der Waals surface area contributed by atoms with Crippen LogP contribution in [0.4, 0.5) is 10.3 Å². The Kier molecular flexibility index (Phi) is 2.52. The summed E-state index contributed by atoms with van der Waals surface area (Å²) < 4.78 is 15.4. The molecule has 18 heavy (non-hydrogen) atoms. The predicted octanol–water partition coefficient (Wildman–Crippen LogP) is 2.90. The topological polar surface area (TPSA) is 56.7 Å². The number of nitrogens with zero attached hydrogens (tertiary/aromatic N) is 3. The van der Waals surface area contributed by atoms with E-state index < -0.39 is 0 Å². The van der Waals surface area contributed by atoms with Crippen LogP contribution in [0.2, 0.25) is 0 Å². The molecule has 0 bridgehead atoms. The number of nitrogen functional groups attached to an aromatic ring is 1. The molecule has 0 radical (unpaired) electrons. The molecule has 2 heterocycles. The number of rotatable bonds is 1. The van der Waals surface area contributed by atoms with Crippen molar-refractivity contribution >= 4 is 33.0 Å². The third-order valence-electron chi connectivity index (χ3n) is 2.59. The fourth-order valence-electron chi connectivity index (χ4n) is 1.83. The normalized spacial score (nSPS) is 11.0. The zero-order valence-electron chi connectivity index (χ0n) is 9.14. The van der Waals surface area contributed by atoms with Gasteiger partial charge in [0.1, 0.15) is 11.3 Å². The SMILES string of the molecule is Nc1nc2cccnc2n1-c1ccc(F)cc1Br. The average Bonchev–Trinajstić information content (AvgIpc) is 2.66. The van der Waals surface area contributed by atoms with Gasteiger partial charge in [-0.1, -0.05) is 0 Å². The van der Waals surface area contributed by atoms with E-state index in [-0.39, 0.29) is 5.82 Å². The molecule has 0 aliphatic rings. The summed E-state index contributed by atoms with van der Waals surface area (Å²) in [5.41, 5.74) is 7.93. The van der Waals surface area contributed by atoms with Gasteiger partial charge >= 0.3 is 0 Å². The van der Waals surface area contributed by atoms with Crippen LogP contribution in [-0.4, -0.2) is 14.5 Å². The maximum absolute atomic E-state index is 13.1. The van der Waals surface area contributed by atoms with E-state index in [1.165, 1.54) is 12.1 Å². The molecule has 0 spiro atoms. The highest BCUT2D eigenvalue weighted by Gasteiger charge is 2.13. The Bertz CT molecular complexity index is 738. The van der Waals surface area contributed by atoms with E-state index in [0.717, 1.165) is 0 Å². The molecule has 0 fully saturated rings. The van der Waals surface area contributed by atoms with Gasteiger partial charge in [-0.05, 0) is 46.3 Å². The van der Waals surface area contributed by atoms with Crippen LogP contribution in [0.15, 0.2) is 41.0 Å². The zero-order valence-corrected chi connectivity index (χ0v) is 10.7. The van der Waals surface area contributed by atoms with Crippen molar-refractivity contribution in [3.63, 3.8) is 0 Å². The van der Waals surface area contributed by atoms with Gasteiger partial charge in [0.2, 0.25) is 5.95 Å². The largest absolute Gasteiger partial charge is 0.369 e. The van der Waals surface area contributed by atoms with E-state index >= 15 is 0 Å². The summed E-state index contributed by atoms with van der Waals surface area (Å²) in [5.74, 6) is -0.00224. The third kappa shape index (κ3) is 1.65. The van der Waals surface area contributed by atoms with Crippen molar-refractivity contribution in [1.82, 2.24) is 14.5 Å². The first-order valence-corrected chi connectivity index (χ1v) is 6.00. The van der Waals surface area contributed by atoms with Gasteiger partial charge in [0.05, 0.1) is 5.69 Å². The molecule has 2 N–H and O–H groups in total. The molecule has 0 amide bonds. The standard InChI is InChI=1S/C12H8BrFN4/c13-8-6-7(14)3-4-10(8)18-11-9(17-12(18)15)2-1-5-16-11/h1-6H,(H2,15,17). The van der Waals surface area contributed by atoms with Crippen LogP contribution in [0.5, 0.6) is 0 Å². The number of hydrogen-bond acceptors (Lipinski definition) is 3. The average molecular weight is 307 g/mol. The first-order chi connectivity index (χ1) is 8.66. The van der Waals surface area contributed by atoms with Crippen LogP contribution >= 0.6 is 15.9 Å². The van der Waals surface area contributed by atoms with Crippen molar-refractivity contribution in [3.8, 4) is 5.69 Å². The van der Waals surface area contributed by atoms with E-state index in [1.807, 2.05) is 6.07 Å². The molecule has 2 aromatic heterocycles. The zero-order chi connectivity index (χ0) is 12.7. The minimum Gasteiger partial charge on any atom is -0.369 e. The number of hydrogen-bond donors (Lipinski definition) is 1. The Morgan fingerprint density at radius 1 is 1.28 bits per heavy atom. The van der Waals surface area contributed by atoms with Gasteiger partial charge in [-0.25, -0.2) is 14.4 Å². The molecular formula is C12H8BrFN4. The Hall–Kier alpha value is -1.95. The van der Waals surface area contributed by atoms with Gasteiger partial charge in [-0.3, -0.25) is 4.57 Å². The van der Waals surface area contributed by atoms with Crippen LogP contribution in [0.25, 0.3) is 16.9 Å². The molecule has 4 nitrogen and oxygen atoms in total. The van der Waals surface area contributed by atoms with Crippen molar-refractivity contribution in [2.24, 2.45) is 0 Å². The van der Waals surface area contributed by atoms with E-state index in [1.54, 1.807) is 22.9 Å². The second-order valence-corrected chi connectivity index (χ2v) is 4.60. The van der Waals surface area contributed by atoms with Gasteiger partial charge < -0.3 is 5.73 Å². The molecule has 0 saturated carbocycles. The smallest absolute Gasteiger partial charge is 0.207 e. The first kappa shape index (κ1) is 11.2. The number of benzene rings is 1. The number of halogens is 2. The summed E-state index contributed by atoms with van der Waals surface area (Å²) in [6.07, 6.45) is 1.66. The molecule has 0 atom stereocenters. The number of pyridine rings is 1. The van der Waals surface area contributed by atoms with Gasteiger partial charge in [-0.15, -0.1) is 0 Å². The fraction of sp³-hybridized carbons (Fsp3) is 0. The highest BCUT2D eigenvalue weighted by molar-refractivity contribution is 9.10. The van der Waals surface area contributed by atoms with E-state index in [2.05, 4.69) is 25.9 Å². The van der Waals surface area contributed by atoms with Crippen molar-refractivity contribution in [2.45, 2.75) is 0 Å². The van der Waals surface area contributed by atoms with E-state index in [9.17, 15) is 4.39 Å². The number of imidazole rings is 1. The van der Waals surface area contributed by atoms with Crippen molar-refractivity contribution in [2.75, 3.05) is 5.73 Å². The number of aromatic nitrogens is 3. The lowest BCUT2D eigenvalue weighted by Crippen LogP contribution is -2.02. The fourth-order valence-corrected chi connectivity index (χ4v) is 2.36. The molecule has 1 aromatic carbocycles. The van der Waals surface area contributed by atoms with Gasteiger partial charge in [0.15, 0.2) is 5.65 Å². The quantitative estimate of drug-likeness (QED) is 0.752. The molecule has 0 saturated heterocycles. The highest BCUT2D eigenvalue weighted by atomic mass is 79.9. The Morgan fingerprint density at radius 2 is 2.11 bits per heavy atom. The Labute approximate surface area is 110 Å². The van der Waals surface area contributed by atoms with Crippen molar-refractivity contribution < 1.29 is 4.39 Å². The highest BCUT2D eigenvalue weighted by Crippen LogP contribution is 2.27. The Morgan fingerprint density at radius 3 is 2.89 bits per heavy atom. The molecular weight excluding hydrogens is 299 g/mol. The molecule has 0 unspecified atom stereocenters. The number of nitrogens with two attached hydrogens (primary N) is 1. The summed E-state index contributed by atoms with van der Waals surface area (Å²) in [6, 6.07) is 7.99. The van der Waals surface area contributed by atoms with Crippen molar-refractivity contribution in [3.05, 3.63) is 46.8 Å². The minimum absolute atomic E-state index is 0.316. The van der Waals surface area contributed by atoms with E-state index in [0.29, 0.717) is 27.3 Å². The maximum atomic E-state index is 13.1. The lowest BCUT2D eigenvalue weighted by Gasteiger charge is -2.08. The lowest BCUT2D eigenvalue weighted by molar-refractivity contribution is 0.626. The molecule has 0 aliphatic heterocycles. The van der Waals surface area contributed by atoms with Crippen LogP contribution in [0, 0.1) is 5.82 Å². The van der Waals surface area contributed by atoms with E-state index in [4.69, 9.17) is 5.73 Å². The second kappa shape index (κ2) is 4.06. The predicted molar refractivity (Wildman–Crippen MR) is 70.9 cm³/mol. The monoisotopic (exact) mass is 306 g/mol. The lowest BCUT2D eigenvalue weighted by atomic mass is 10.3. The first-order valence-electron chi connectivity index (χ1n) is 5.21. The number of fused-ring (bicyclic) bond motifs is 1. The molecule has 90 valence electrons. The van der Waals surface area contributed by atoms with Crippen molar-refractivity contribution in [1.29, 1.82) is 0 Å². The minimum atomic E-state index is -0.318. The number of anilines is 1. The van der Waals surface area contributed by atoms with Crippen LogP contribution in [-0.2, 0) is 0 Å². The summed E-state index contributed by atoms with van der Waals surface area (Å²) in [7, 11) is 0. The summed E-state index contributed by atoms with van der Waals surface area (Å²) >= 11 is 3.32. The molecule has 3 aromatic rings. The Balaban J connectivity index is 2.34. The van der Waals surface area contributed by atoms with Gasteiger partial charge in [-0.2, -0.15) is 0 Å². The maximum Gasteiger partial charge on any atom is 0.207 e.